The summed E-state index contributed by atoms with van der Waals surface area (Å²) in [5, 5.41) is 13.2. The first kappa shape index (κ1) is 19.7. The molecule has 1 amide bonds. The number of carbonyl (C=O) groups is 2. The largest absolute Gasteiger partial charge is 0.316 e. The first-order valence-corrected chi connectivity index (χ1v) is 11.2. The van der Waals surface area contributed by atoms with Crippen LogP contribution >= 0.6 is 23.1 Å². The molecule has 1 N–H and O–H groups in total. The molecule has 1 unspecified atom stereocenters. The van der Waals surface area contributed by atoms with Crippen molar-refractivity contribution in [2.45, 2.75) is 49.9 Å². The van der Waals surface area contributed by atoms with Gasteiger partial charge in [0.2, 0.25) is 11.8 Å². The summed E-state index contributed by atoms with van der Waals surface area (Å²) in [4.78, 5) is 30.7. The minimum atomic E-state index is -0.476. The van der Waals surface area contributed by atoms with Crippen molar-refractivity contribution in [1.29, 1.82) is 5.26 Å². The van der Waals surface area contributed by atoms with Gasteiger partial charge in [0.25, 0.3) is 0 Å². The van der Waals surface area contributed by atoms with Crippen molar-refractivity contribution in [3.8, 4) is 6.07 Å². The Morgan fingerprint density at radius 2 is 2.07 bits per heavy atom. The van der Waals surface area contributed by atoms with E-state index in [1.807, 2.05) is 24.3 Å². The van der Waals surface area contributed by atoms with Gasteiger partial charge in [0, 0.05) is 11.8 Å². The normalized spacial score (nSPS) is 14.2. The fourth-order valence-corrected chi connectivity index (χ4v) is 5.79. The Labute approximate surface area is 176 Å². The summed E-state index contributed by atoms with van der Waals surface area (Å²) in [5.41, 5.74) is 3.15. The van der Waals surface area contributed by atoms with Crippen molar-refractivity contribution in [2.75, 3.05) is 5.32 Å². The molecule has 0 spiro atoms. The third kappa shape index (κ3) is 3.68. The van der Waals surface area contributed by atoms with Crippen LogP contribution in [-0.4, -0.2) is 26.6 Å². The number of nitrogens with one attached hydrogen (secondary N) is 1. The summed E-state index contributed by atoms with van der Waals surface area (Å²) >= 11 is 2.75. The molecule has 0 saturated heterocycles. The monoisotopic (exact) mass is 424 g/mol. The lowest BCUT2D eigenvalue weighted by atomic mass is 9.96. The highest BCUT2D eigenvalue weighted by Crippen LogP contribution is 2.38. The number of nitrogens with zero attached hydrogens (tertiary/aromatic N) is 3. The fourth-order valence-electron chi connectivity index (χ4n) is 3.58. The summed E-state index contributed by atoms with van der Waals surface area (Å²) in [6.07, 6.45) is 4.08. The summed E-state index contributed by atoms with van der Waals surface area (Å²) in [7, 11) is 0. The molecular formula is C21H20N4O2S2. The summed E-state index contributed by atoms with van der Waals surface area (Å²) in [6, 6.07) is 9.68. The molecule has 0 saturated carbocycles. The number of para-hydroxylation sites is 2. The Hall–Kier alpha value is -2.63. The van der Waals surface area contributed by atoms with Gasteiger partial charge in [-0.3, -0.25) is 14.2 Å². The van der Waals surface area contributed by atoms with E-state index in [0.717, 1.165) is 42.3 Å². The Morgan fingerprint density at radius 3 is 2.83 bits per heavy atom. The van der Waals surface area contributed by atoms with E-state index in [4.69, 9.17) is 0 Å². The van der Waals surface area contributed by atoms with Gasteiger partial charge < -0.3 is 5.32 Å². The molecule has 2 heterocycles. The molecule has 2 aromatic heterocycles. The molecule has 29 heavy (non-hydrogen) atoms. The van der Waals surface area contributed by atoms with Crippen molar-refractivity contribution in [1.82, 2.24) is 9.55 Å². The van der Waals surface area contributed by atoms with Gasteiger partial charge in [-0.05, 0) is 50.3 Å². The van der Waals surface area contributed by atoms with E-state index in [0.29, 0.717) is 15.7 Å². The molecule has 6 nitrogen and oxygen atoms in total. The van der Waals surface area contributed by atoms with Gasteiger partial charge in [0.05, 0.1) is 21.8 Å². The summed E-state index contributed by atoms with van der Waals surface area (Å²) < 4.78 is 1.54. The molecule has 1 aliphatic carbocycles. The Morgan fingerprint density at radius 1 is 1.31 bits per heavy atom. The van der Waals surface area contributed by atoms with E-state index in [1.165, 1.54) is 39.5 Å². The van der Waals surface area contributed by atoms with Gasteiger partial charge in [-0.15, -0.1) is 11.3 Å². The third-order valence-electron chi connectivity index (χ3n) is 5.02. The molecule has 1 atom stereocenters. The first-order chi connectivity index (χ1) is 14.0. The van der Waals surface area contributed by atoms with Crippen molar-refractivity contribution >= 4 is 50.9 Å². The zero-order chi connectivity index (χ0) is 20.5. The van der Waals surface area contributed by atoms with Crippen molar-refractivity contribution in [2.24, 2.45) is 0 Å². The molecule has 0 fully saturated rings. The van der Waals surface area contributed by atoms with Crippen LogP contribution in [-0.2, 0) is 17.6 Å². The van der Waals surface area contributed by atoms with Crippen LogP contribution in [0.1, 0.15) is 47.5 Å². The van der Waals surface area contributed by atoms with E-state index in [9.17, 15) is 14.9 Å². The second-order valence-corrected chi connectivity index (χ2v) is 9.43. The maximum Gasteiger partial charge on any atom is 0.238 e. The van der Waals surface area contributed by atoms with Crippen LogP contribution in [0.25, 0.3) is 11.0 Å². The highest BCUT2D eigenvalue weighted by molar-refractivity contribution is 8.00. The van der Waals surface area contributed by atoms with Crippen LogP contribution in [0.5, 0.6) is 0 Å². The second-order valence-electron chi connectivity index (χ2n) is 7.01. The number of imidazole rings is 1. The predicted octanol–water partition coefficient (Wildman–Crippen LogP) is 4.63. The lowest BCUT2D eigenvalue weighted by Crippen LogP contribution is -2.23. The van der Waals surface area contributed by atoms with Gasteiger partial charge >= 0.3 is 0 Å². The quantitative estimate of drug-likeness (QED) is 0.617. The van der Waals surface area contributed by atoms with E-state index in [1.54, 1.807) is 6.92 Å². The molecular weight excluding hydrogens is 404 g/mol. The Kier molecular flexibility index (Phi) is 5.43. The number of thioether (sulfide) groups is 1. The second kappa shape index (κ2) is 8.01. The molecule has 1 aliphatic rings. The number of anilines is 1. The molecule has 0 radical (unpaired) electrons. The minimum absolute atomic E-state index is 0.147. The number of thiophene rings is 1. The molecule has 0 aliphatic heterocycles. The van der Waals surface area contributed by atoms with Crippen molar-refractivity contribution in [3.05, 3.63) is 40.3 Å². The Balaban J connectivity index is 1.56. The number of carbonyl (C=O) groups excluding carboxylic acids is 2. The number of aromatic nitrogens is 2. The number of rotatable bonds is 4. The molecule has 8 heteroatoms. The summed E-state index contributed by atoms with van der Waals surface area (Å²) in [6.45, 7) is 3.27. The fraction of sp³-hybridized carbons (Fsp3) is 0.333. The average Bonchev–Trinajstić information content (AvgIpc) is 3.24. The number of hydrogen-bond acceptors (Lipinski definition) is 6. The van der Waals surface area contributed by atoms with Gasteiger partial charge in [-0.1, -0.05) is 23.9 Å². The lowest BCUT2D eigenvalue weighted by Gasteiger charge is -2.11. The number of nitriles is 1. The van der Waals surface area contributed by atoms with Crippen LogP contribution in [0.3, 0.4) is 0 Å². The zero-order valence-electron chi connectivity index (χ0n) is 16.2. The van der Waals surface area contributed by atoms with Gasteiger partial charge in [0.15, 0.2) is 5.16 Å². The lowest BCUT2D eigenvalue weighted by molar-refractivity contribution is -0.115. The number of amides is 1. The van der Waals surface area contributed by atoms with Gasteiger partial charge in [-0.2, -0.15) is 5.26 Å². The Bertz CT molecular complexity index is 1160. The highest BCUT2D eigenvalue weighted by atomic mass is 32.2. The maximum atomic E-state index is 12.8. The molecule has 4 rings (SSSR count). The number of benzene rings is 1. The molecule has 1 aromatic carbocycles. The predicted molar refractivity (Wildman–Crippen MR) is 116 cm³/mol. The average molecular weight is 425 g/mol. The van der Waals surface area contributed by atoms with E-state index < -0.39 is 5.25 Å². The topological polar surface area (TPSA) is 87.8 Å². The number of hydrogen-bond donors (Lipinski definition) is 1. The number of aryl methyl sites for hydroxylation is 1. The van der Waals surface area contributed by atoms with Crippen molar-refractivity contribution in [3.63, 3.8) is 0 Å². The van der Waals surface area contributed by atoms with Crippen LogP contribution in [0.2, 0.25) is 0 Å². The third-order valence-corrected chi connectivity index (χ3v) is 7.28. The van der Waals surface area contributed by atoms with Crippen LogP contribution in [0, 0.1) is 11.3 Å². The number of fused-ring (bicyclic) bond motifs is 2. The van der Waals surface area contributed by atoms with E-state index >= 15 is 0 Å². The molecule has 148 valence electrons. The van der Waals surface area contributed by atoms with Gasteiger partial charge in [-0.25, -0.2) is 4.98 Å². The first-order valence-electron chi connectivity index (χ1n) is 9.50. The van der Waals surface area contributed by atoms with Crippen molar-refractivity contribution < 1.29 is 9.59 Å². The zero-order valence-corrected chi connectivity index (χ0v) is 17.8. The SMILES string of the molecule is CC(=O)n1c(SC(C)C(=O)Nc2sc3c(c2C#N)CCCC3)nc2ccccc21. The summed E-state index contributed by atoms with van der Waals surface area (Å²) in [5.74, 6) is -0.348. The van der Waals surface area contributed by atoms with E-state index in [2.05, 4.69) is 16.4 Å². The van der Waals surface area contributed by atoms with Crippen LogP contribution in [0.4, 0.5) is 5.00 Å². The van der Waals surface area contributed by atoms with Crippen LogP contribution in [0.15, 0.2) is 29.4 Å². The maximum absolute atomic E-state index is 12.8. The molecule has 3 aromatic rings. The van der Waals surface area contributed by atoms with Gasteiger partial charge in [0.1, 0.15) is 11.1 Å². The van der Waals surface area contributed by atoms with Crippen LogP contribution < -0.4 is 5.32 Å². The molecule has 0 bridgehead atoms. The standard InChI is InChI=1S/C21H20N4O2S2/c1-12(28-21-23-16-8-4-5-9-17(16)25(21)13(2)26)19(27)24-20-15(11-22)14-7-3-6-10-18(14)29-20/h4-5,8-9,12H,3,6-7,10H2,1-2H3,(H,24,27). The highest BCUT2D eigenvalue weighted by Gasteiger charge is 2.25. The van der Waals surface area contributed by atoms with E-state index in [-0.39, 0.29) is 11.8 Å². The minimum Gasteiger partial charge on any atom is -0.316 e. The smallest absolute Gasteiger partial charge is 0.238 e.